The van der Waals surface area contributed by atoms with Gasteiger partial charge >= 0.3 is 5.97 Å². The molecule has 1 aliphatic heterocycles. The third-order valence-electron chi connectivity index (χ3n) is 4.45. The summed E-state index contributed by atoms with van der Waals surface area (Å²) in [6.07, 6.45) is 0.798. The van der Waals surface area contributed by atoms with E-state index in [0.717, 1.165) is 6.42 Å². The minimum atomic E-state index is -0.656. The highest BCUT2D eigenvalue weighted by molar-refractivity contribution is 5.74. The molecule has 0 spiro atoms. The average molecular weight is 246 g/mol. The lowest BCUT2D eigenvalue weighted by molar-refractivity contribution is -0.140. The van der Waals surface area contributed by atoms with Crippen molar-refractivity contribution in [2.45, 2.75) is 25.7 Å². The summed E-state index contributed by atoms with van der Waals surface area (Å²) in [5, 5.41) is 9.13. The number of hydrogen-bond acceptors (Lipinski definition) is 2. The standard InChI is InChI=1S/C15H18O3/c1-9-3-4-12(10(2)5-9)15(7-18-8-15)13-6-11(13)14(16)17/h3-5,11,13H,6-8H2,1-2H3,(H,16,17). The van der Waals surface area contributed by atoms with Crippen LogP contribution in [-0.4, -0.2) is 24.3 Å². The van der Waals surface area contributed by atoms with Crippen LogP contribution in [0, 0.1) is 25.7 Å². The molecule has 2 unspecified atom stereocenters. The van der Waals surface area contributed by atoms with Crippen LogP contribution in [0.25, 0.3) is 0 Å². The average Bonchev–Trinajstić information content (AvgIpc) is 3.00. The predicted octanol–water partition coefficient (Wildman–Crippen LogP) is 2.29. The van der Waals surface area contributed by atoms with Crippen molar-refractivity contribution in [2.24, 2.45) is 11.8 Å². The molecule has 1 saturated heterocycles. The summed E-state index contributed by atoms with van der Waals surface area (Å²) in [5.41, 5.74) is 3.75. The van der Waals surface area contributed by atoms with Crippen molar-refractivity contribution in [1.82, 2.24) is 0 Å². The number of rotatable bonds is 3. The number of ether oxygens (including phenoxy) is 1. The molecule has 1 saturated carbocycles. The Morgan fingerprint density at radius 2 is 2.11 bits per heavy atom. The number of aliphatic carboxylic acids is 1. The molecule has 0 amide bonds. The van der Waals surface area contributed by atoms with E-state index in [0.29, 0.717) is 13.2 Å². The van der Waals surface area contributed by atoms with Gasteiger partial charge in [-0.25, -0.2) is 0 Å². The molecule has 1 N–H and O–H groups in total. The Bertz CT molecular complexity index is 502. The lowest BCUT2D eigenvalue weighted by Crippen LogP contribution is -2.50. The summed E-state index contributed by atoms with van der Waals surface area (Å²) in [6, 6.07) is 6.44. The van der Waals surface area contributed by atoms with Gasteiger partial charge < -0.3 is 9.84 Å². The lowest BCUT2D eigenvalue weighted by Gasteiger charge is -2.43. The molecule has 0 radical (unpaired) electrons. The zero-order chi connectivity index (χ0) is 12.9. The number of carboxylic acid groups (broad SMARTS) is 1. The van der Waals surface area contributed by atoms with Crippen LogP contribution < -0.4 is 0 Å². The van der Waals surface area contributed by atoms with Crippen molar-refractivity contribution in [2.75, 3.05) is 13.2 Å². The van der Waals surface area contributed by atoms with Gasteiger partial charge in [0.1, 0.15) is 0 Å². The van der Waals surface area contributed by atoms with Crippen molar-refractivity contribution in [3.63, 3.8) is 0 Å². The van der Waals surface area contributed by atoms with Gasteiger partial charge in [0, 0.05) is 5.41 Å². The molecule has 1 aromatic carbocycles. The maximum Gasteiger partial charge on any atom is 0.306 e. The summed E-state index contributed by atoms with van der Waals surface area (Å²) >= 11 is 0. The zero-order valence-corrected chi connectivity index (χ0v) is 10.8. The van der Waals surface area contributed by atoms with Crippen LogP contribution in [-0.2, 0) is 14.9 Å². The fraction of sp³-hybridized carbons (Fsp3) is 0.533. The van der Waals surface area contributed by atoms with Crippen LogP contribution in [0.2, 0.25) is 0 Å². The van der Waals surface area contributed by atoms with E-state index >= 15 is 0 Å². The van der Waals surface area contributed by atoms with E-state index in [4.69, 9.17) is 9.84 Å². The Labute approximate surface area is 107 Å². The van der Waals surface area contributed by atoms with Gasteiger partial charge in [0.05, 0.1) is 19.1 Å². The van der Waals surface area contributed by atoms with E-state index in [-0.39, 0.29) is 17.3 Å². The van der Waals surface area contributed by atoms with Gasteiger partial charge in [-0.1, -0.05) is 23.8 Å². The van der Waals surface area contributed by atoms with Gasteiger partial charge in [-0.05, 0) is 37.3 Å². The summed E-state index contributed by atoms with van der Waals surface area (Å²) in [4.78, 5) is 11.1. The Morgan fingerprint density at radius 3 is 2.56 bits per heavy atom. The zero-order valence-electron chi connectivity index (χ0n) is 10.8. The third kappa shape index (κ3) is 1.57. The van der Waals surface area contributed by atoms with Crippen LogP contribution >= 0.6 is 0 Å². The first kappa shape index (κ1) is 11.7. The predicted molar refractivity (Wildman–Crippen MR) is 67.6 cm³/mol. The molecule has 3 rings (SSSR count). The molecule has 0 aromatic heterocycles. The van der Waals surface area contributed by atoms with Crippen molar-refractivity contribution in [3.8, 4) is 0 Å². The first-order chi connectivity index (χ1) is 8.54. The molecular weight excluding hydrogens is 228 g/mol. The molecule has 1 aromatic rings. The highest BCUT2D eigenvalue weighted by atomic mass is 16.5. The molecule has 3 nitrogen and oxygen atoms in total. The number of aryl methyl sites for hydroxylation is 2. The maximum absolute atomic E-state index is 11.1. The molecule has 1 heterocycles. The van der Waals surface area contributed by atoms with Crippen molar-refractivity contribution < 1.29 is 14.6 Å². The van der Waals surface area contributed by atoms with Gasteiger partial charge in [-0.15, -0.1) is 0 Å². The van der Waals surface area contributed by atoms with Gasteiger partial charge in [-0.3, -0.25) is 4.79 Å². The largest absolute Gasteiger partial charge is 0.481 e. The van der Waals surface area contributed by atoms with Crippen molar-refractivity contribution in [3.05, 3.63) is 34.9 Å². The summed E-state index contributed by atoms with van der Waals surface area (Å²) < 4.78 is 5.41. The Morgan fingerprint density at radius 1 is 1.39 bits per heavy atom. The van der Waals surface area contributed by atoms with Gasteiger partial charge in [0.2, 0.25) is 0 Å². The molecule has 18 heavy (non-hydrogen) atoms. The topological polar surface area (TPSA) is 46.5 Å². The number of hydrogen-bond donors (Lipinski definition) is 1. The first-order valence-electron chi connectivity index (χ1n) is 6.43. The fourth-order valence-electron chi connectivity index (χ4n) is 3.34. The van der Waals surface area contributed by atoms with E-state index in [1.807, 2.05) is 0 Å². The van der Waals surface area contributed by atoms with E-state index in [2.05, 4.69) is 32.0 Å². The van der Waals surface area contributed by atoms with Crippen LogP contribution in [0.4, 0.5) is 0 Å². The minimum absolute atomic E-state index is 0.0408. The van der Waals surface area contributed by atoms with Crippen LogP contribution in [0.3, 0.4) is 0 Å². The van der Waals surface area contributed by atoms with Crippen LogP contribution in [0.5, 0.6) is 0 Å². The monoisotopic (exact) mass is 246 g/mol. The Kier molecular flexibility index (Phi) is 2.49. The number of carboxylic acids is 1. The van der Waals surface area contributed by atoms with Crippen LogP contribution in [0.1, 0.15) is 23.1 Å². The quantitative estimate of drug-likeness (QED) is 0.890. The normalized spacial score (nSPS) is 28.6. The second-order valence-corrected chi connectivity index (χ2v) is 5.75. The molecule has 2 fully saturated rings. The SMILES string of the molecule is Cc1ccc(C2(C3CC3C(=O)O)COC2)c(C)c1. The summed E-state index contributed by atoms with van der Waals surface area (Å²) in [5.74, 6) is -0.573. The highest BCUT2D eigenvalue weighted by Crippen LogP contribution is 2.56. The molecule has 3 heteroatoms. The Hall–Kier alpha value is -1.35. The molecule has 0 bridgehead atoms. The smallest absolute Gasteiger partial charge is 0.306 e. The number of carbonyl (C=O) groups is 1. The summed E-state index contributed by atoms with van der Waals surface area (Å²) in [7, 11) is 0. The van der Waals surface area contributed by atoms with Crippen molar-refractivity contribution >= 4 is 5.97 Å². The molecule has 1 aliphatic carbocycles. The number of benzene rings is 1. The van der Waals surface area contributed by atoms with E-state index < -0.39 is 5.97 Å². The molecular formula is C15H18O3. The second-order valence-electron chi connectivity index (χ2n) is 5.75. The fourth-order valence-corrected chi connectivity index (χ4v) is 3.34. The molecule has 2 atom stereocenters. The lowest BCUT2D eigenvalue weighted by atomic mass is 9.71. The van der Waals surface area contributed by atoms with E-state index in [9.17, 15) is 4.79 Å². The maximum atomic E-state index is 11.1. The van der Waals surface area contributed by atoms with Gasteiger partial charge in [0.25, 0.3) is 0 Å². The van der Waals surface area contributed by atoms with E-state index in [1.165, 1.54) is 16.7 Å². The van der Waals surface area contributed by atoms with Crippen molar-refractivity contribution in [1.29, 1.82) is 0 Å². The molecule has 2 aliphatic rings. The minimum Gasteiger partial charge on any atom is -0.481 e. The van der Waals surface area contributed by atoms with Crippen LogP contribution in [0.15, 0.2) is 18.2 Å². The second kappa shape index (κ2) is 3.82. The first-order valence-corrected chi connectivity index (χ1v) is 6.43. The summed E-state index contributed by atoms with van der Waals surface area (Å²) in [6.45, 7) is 5.54. The third-order valence-corrected chi connectivity index (χ3v) is 4.45. The highest BCUT2D eigenvalue weighted by Gasteiger charge is 2.60. The molecule has 96 valence electrons. The van der Waals surface area contributed by atoms with Gasteiger partial charge in [0.15, 0.2) is 0 Å². The van der Waals surface area contributed by atoms with E-state index in [1.54, 1.807) is 0 Å². The Balaban J connectivity index is 1.95. The van der Waals surface area contributed by atoms with Gasteiger partial charge in [-0.2, -0.15) is 0 Å².